The molecule has 0 radical (unpaired) electrons. The minimum absolute atomic E-state index is 0.0792. The van der Waals surface area contributed by atoms with Crippen LogP contribution in [0.4, 0.5) is 14.5 Å². The smallest absolute Gasteiger partial charge is 0.238 e. The Hall–Kier alpha value is -2.38. The van der Waals surface area contributed by atoms with Gasteiger partial charge in [-0.15, -0.1) is 11.3 Å². The molecule has 26 heavy (non-hydrogen) atoms. The van der Waals surface area contributed by atoms with Gasteiger partial charge in [0.25, 0.3) is 0 Å². The van der Waals surface area contributed by atoms with E-state index in [-0.39, 0.29) is 24.2 Å². The molecule has 2 aromatic carbocycles. The van der Waals surface area contributed by atoms with Crippen LogP contribution in [0.1, 0.15) is 23.9 Å². The number of hydrogen-bond donors (Lipinski definition) is 1. The summed E-state index contributed by atoms with van der Waals surface area (Å²) < 4.78 is 28.1. The number of thiazole rings is 1. The van der Waals surface area contributed by atoms with Gasteiger partial charge in [0.05, 0.1) is 28.5 Å². The number of carbonyl (C=O) groups excluding carboxylic acids is 1. The average Bonchev–Trinajstić information content (AvgIpc) is 3.24. The van der Waals surface area contributed by atoms with E-state index in [2.05, 4.69) is 5.32 Å². The summed E-state index contributed by atoms with van der Waals surface area (Å²) in [6, 6.07) is 11.1. The summed E-state index contributed by atoms with van der Waals surface area (Å²) in [6.07, 6.45) is 1.91. The Balaban J connectivity index is 1.48. The fraction of sp³-hybridized carbons (Fsp3) is 0.263. The van der Waals surface area contributed by atoms with Crippen molar-refractivity contribution in [2.45, 2.75) is 18.9 Å². The van der Waals surface area contributed by atoms with Crippen molar-refractivity contribution in [3.05, 3.63) is 59.1 Å². The minimum Gasteiger partial charge on any atom is -0.322 e. The first-order valence-corrected chi connectivity index (χ1v) is 9.26. The summed E-state index contributed by atoms with van der Waals surface area (Å²) in [6.45, 7) is 0.899. The van der Waals surface area contributed by atoms with Crippen molar-refractivity contribution in [2.24, 2.45) is 0 Å². The largest absolute Gasteiger partial charge is 0.322 e. The zero-order valence-corrected chi connectivity index (χ0v) is 14.7. The lowest BCUT2D eigenvalue weighted by atomic mass is 10.2. The topological polar surface area (TPSA) is 45.2 Å². The first kappa shape index (κ1) is 17.1. The summed E-state index contributed by atoms with van der Waals surface area (Å²) in [7, 11) is 0. The number of hydrogen-bond acceptors (Lipinski definition) is 4. The maximum Gasteiger partial charge on any atom is 0.238 e. The number of anilines is 1. The summed E-state index contributed by atoms with van der Waals surface area (Å²) in [5.41, 5.74) is 0.830. The summed E-state index contributed by atoms with van der Waals surface area (Å²) in [5.74, 6) is -1.60. The van der Waals surface area contributed by atoms with Gasteiger partial charge in [-0.1, -0.05) is 12.1 Å². The number of para-hydroxylation sites is 1. The number of carbonyl (C=O) groups is 1. The molecular formula is C19H17F2N3OS. The first-order chi connectivity index (χ1) is 12.6. The highest BCUT2D eigenvalue weighted by atomic mass is 32.1. The van der Waals surface area contributed by atoms with Crippen molar-refractivity contribution in [3.8, 4) is 0 Å². The van der Waals surface area contributed by atoms with Gasteiger partial charge in [-0.05, 0) is 43.7 Å². The monoisotopic (exact) mass is 373 g/mol. The number of rotatable bonds is 4. The van der Waals surface area contributed by atoms with Gasteiger partial charge in [-0.3, -0.25) is 9.69 Å². The number of benzene rings is 2. The second kappa shape index (κ2) is 7.09. The third-order valence-corrected chi connectivity index (χ3v) is 5.65. The van der Waals surface area contributed by atoms with Gasteiger partial charge in [0.15, 0.2) is 0 Å². The summed E-state index contributed by atoms with van der Waals surface area (Å²) in [5, 5.41) is 3.46. The SMILES string of the molecule is O=C(CN1CCCC1c1nc2ccccc2s1)Nc1cc(F)ccc1F. The van der Waals surface area contributed by atoms with Gasteiger partial charge in [0, 0.05) is 6.07 Å². The van der Waals surface area contributed by atoms with Crippen molar-refractivity contribution in [1.82, 2.24) is 9.88 Å². The molecule has 1 atom stereocenters. The molecule has 0 aliphatic carbocycles. The number of amides is 1. The fourth-order valence-electron chi connectivity index (χ4n) is 3.30. The molecule has 2 heterocycles. The number of nitrogens with zero attached hydrogens (tertiary/aromatic N) is 2. The zero-order chi connectivity index (χ0) is 18.1. The molecule has 1 aliphatic heterocycles. The maximum atomic E-state index is 13.7. The third kappa shape index (κ3) is 3.45. The van der Waals surface area contributed by atoms with Crippen LogP contribution in [0.25, 0.3) is 10.2 Å². The van der Waals surface area contributed by atoms with E-state index in [0.29, 0.717) is 0 Å². The number of fused-ring (bicyclic) bond motifs is 1. The molecule has 1 N–H and O–H groups in total. The predicted octanol–water partition coefficient (Wildman–Crippen LogP) is 4.35. The first-order valence-electron chi connectivity index (χ1n) is 8.44. The van der Waals surface area contributed by atoms with Crippen LogP contribution in [0.15, 0.2) is 42.5 Å². The van der Waals surface area contributed by atoms with Crippen LogP contribution in [-0.4, -0.2) is 28.9 Å². The molecule has 4 nitrogen and oxygen atoms in total. The number of nitrogens with one attached hydrogen (secondary N) is 1. The highest BCUT2D eigenvalue weighted by Gasteiger charge is 2.30. The summed E-state index contributed by atoms with van der Waals surface area (Å²) >= 11 is 1.64. The molecule has 1 unspecified atom stereocenters. The maximum absolute atomic E-state index is 13.7. The predicted molar refractivity (Wildman–Crippen MR) is 98.2 cm³/mol. The Morgan fingerprint density at radius 1 is 1.27 bits per heavy atom. The van der Waals surface area contributed by atoms with Gasteiger partial charge < -0.3 is 5.32 Å². The number of likely N-dealkylation sites (tertiary alicyclic amines) is 1. The second-order valence-corrected chi connectivity index (χ2v) is 7.38. The van der Waals surface area contributed by atoms with Gasteiger partial charge in [0.1, 0.15) is 16.6 Å². The van der Waals surface area contributed by atoms with E-state index < -0.39 is 11.6 Å². The molecule has 1 aliphatic rings. The second-order valence-electron chi connectivity index (χ2n) is 6.32. The lowest BCUT2D eigenvalue weighted by Gasteiger charge is -2.22. The van der Waals surface area contributed by atoms with Crippen LogP contribution in [0.2, 0.25) is 0 Å². The lowest BCUT2D eigenvalue weighted by Crippen LogP contribution is -2.33. The van der Waals surface area contributed by atoms with Crippen molar-refractivity contribution in [2.75, 3.05) is 18.4 Å². The van der Waals surface area contributed by atoms with Crippen molar-refractivity contribution in [1.29, 1.82) is 0 Å². The molecule has 1 amide bonds. The highest BCUT2D eigenvalue weighted by Crippen LogP contribution is 2.36. The van der Waals surface area contributed by atoms with Crippen LogP contribution >= 0.6 is 11.3 Å². The van der Waals surface area contributed by atoms with Crippen LogP contribution in [-0.2, 0) is 4.79 Å². The molecule has 3 aromatic rings. The standard InChI is InChI=1S/C19H17F2N3OS/c20-12-7-8-13(21)15(10-12)22-18(25)11-24-9-3-5-16(24)19-23-14-4-1-2-6-17(14)26-19/h1-2,4,6-8,10,16H,3,5,9,11H2,(H,22,25). The molecular weight excluding hydrogens is 356 g/mol. The lowest BCUT2D eigenvalue weighted by molar-refractivity contribution is -0.117. The summed E-state index contributed by atoms with van der Waals surface area (Å²) in [4.78, 5) is 19.1. The molecule has 4 rings (SSSR count). The molecule has 0 saturated carbocycles. The normalized spacial score (nSPS) is 17.7. The van der Waals surface area contributed by atoms with Crippen molar-refractivity contribution >= 4 is 33.1 Å². The Morgan fingerprint density at radius 2 is 2.12 bits per heavy atom. The van der Waals surface area contributed by atoms with E-state index >= 15 is 0 Å². The van der Waals surface area contributed by atoms with Crippen molar-refractivity contribution < 1.29 is 13.6 Å². The van der Waals surface area contributed by atoms with E-state index in [1.807, 2.05) is 29.2 Å². The van der Waals surface area contributed by atoms with Crippen LogP contribution < -0.4 is 5.32 Å². The molecule has 1 aromatic heterocycles. The fourth-order valence-corrected chi connectivity index (χ4v) is 4.43. The average molecular weight is 373 g/mol. The van der Waals surface area contributed by atoms with Gasteiger partial charge in [0.2, 0.25) is 5.91 Å². The highest BCUT2D eigenvalue weighted by molar-refractivity contribution is 7.18. The molecule has 1 fully saturated rings. The third-order valence-electron chi connectivity index (χ3n) is 4.51. The van der Waals surface area contributed by atoms with E-state index in [4.69, 9.17) is 4.98 Å². The van der Waals surface area contributed by atoms with E-state index in [9.17, 15) is 13.6 Å². The van der Waals surface area contributed by atoms with Gasteiger partial charge in [-0.2, -0.15) is 0 Å². The Morgan fingerprint density at radius 3 is 2.96 bits per heavy atom. The molecule has 0 spiro atoms. The van der Waals surface area contributed by atoms with Crippen LogP contribution in [0.3, 0.4) is 0 Å². The van der Waals surface area contributed by atoms with E-state index in [1.54, 1.807) is 11.3 Å². The van der Waals surface area contributed by atoms with E-state index in [1.165, 1.54) is 0 Å². The Bertz CT molecular complexity index is 926. The van der Waals surface area contributed by atoms with E-state index in [0.717, 1.165) is 52.8 Å². The molecule has 7 heteroatoms. The molecule has 1 saturated heterocycles. The van der Waals surface area contributed by atoms with Crippen LogP contribution in [0.5, 0.6) is 0 Å². The van der Waals surface area contributed by atoms with Crippen molar-refractivity contribution in [3.63, 3.8) is 0 Å². The Kier molecular flexibility index (Phi) is 4.65. The quantitative estimate of drug-likeness (QED) is 0.740. The molecule has 0 bridgehead atoms. The Labute approximate surface area is 153 Å². The van der Waals surface area contributed by atoms with Gasteiger partial charge in [-0.25, -0.2) is 13.8 Å². The van der Waals surface area contributed by atoms with Crippen LogP contribution in [0, 0.1) is 11.6 Å². The minimum atomic E-state index is -0.649. The van der Waals surface area contributed by atoms with Gasteiger partial charge >= 0.3 is 0 Å². The zero-order valence-electron chi connectivity index (χ0n) is 13.9. The number of aromatic nitrogens is 1. The molecule has 134 valence electrons. The number of halogens is 2.